The number of likely N-dealkylation sites (N-methyl/N-ethyl adjacent to an activating group) is 1. The Balaban J connectivity index is 2.37. The Kier molecular flexibility index (Phi) is 4.81. The molecule has 20 heavy (non-hydrogen) atoms. The quantitative estimate of drug-likeness (QED) is 0.897. The maximum atomic E-state index is 12.9. The number of hydrogen-bond acceptors (Lipinski definition) is 2. The lowest BCUT2D eigenvalue weighted by Gasteiger charge is -2.35. The average molecular weight is 275 g/mol. The average Bonchev–Trinajstić information content (AvgIpc) is 2.89. The van der Waals surface area contributed by atoms with Crippen molar-refractivity contribution in [1.82, 2.24) is 4.90 Å². The predicted octanol–water partition coefficient (Wildman–Crippen LogP) is 2.94. The molecule has 1 amide bonds. The van der Waals surface area contributed by atoms with E-state index in [9.17, 15) is 9.90 Å². The van der Waals surface area contributed by atoms with E-state index in [1.54, 1.807) is 0 Å². The maximum Gasteiger partial charge on any atom is 0.233 e. The van der Waals surface area contributed by atoms with Gasteiger partial charge in [0.15, 0.2) is 0 Å². The van der Waals surface area contributed by atoms with Crippen LogP contribution in [-0.2, 0) is 4.79 Å². The number of benzene rings is 1. The third kappa shape index (κ3) is 2.88. The summed E-state index contributed by atoms with van der Waals surface area (Å²) in [4.78, 5) is 14.7. The Hall–Kier alpha value is -1.35. The van der Waals surface area contributed by atoms with Crippen LogP contribution in [0.25, 0.3) is 0 Å². The first-order valence-corrected chi connectivity index (χ1v) is 7.68. The van der Waals surface area contributed by atoms with Gasteiger partial charge in [-0.05, 0) is 32.3 Å². The van der Waals surface area contributed by atoms with E-state index < -0.39 is 11.5 Å². The fourth-order valence-electron chi connectivity index (χ4n) is 3.32. The molecule has 0 unspecified atom stereocenters. The lowest BCUT2D eigenvalue weighted by molar-refractivity contribution is -0.139. The molecule has 0 saturated heterocycles. The van der Waals surface area contributed by atoms with Crippen LogP contribution in [-0.4, -0.2) is 34.6 Å². The van der Waals surface area contributed by atoms with E-state index in [0.29, 0.717) is 13.1 Å². The Morgan fingerprint density at radius 1 is 1.20 bits per heavy atom. The normalized spacial score (nSPS) is 18.8. The van der Waals surface area contributed by atoms with Crippen LogP contribution in [0.2, 0.25) is 0 Å². The molecule has 0 spiro atoms. The van der Waals surface area contributed by atoms with Gasteiger partial charge in [0.1, 0.15) is 0 Å². The van der Waals surface area contributed by atoms with Crippen LogP contribution in [0.15, 0.2) is 30.3 Å². The van der Waals surface area contributed by atoms with E-state index in [0.717, 1.165) is 31.2 Å². The molecule has 0 aromatic heterocycles. The number of carbonyl (C=O) groups is 1. The number of nitrogens with zero attached hydrogens (tertiary/aromatic N) is 1. The fourth-order valence-corrected chi connectivity index (χ4v) is 3.32. The van der Waals surface area contributed by atoms with E-state index in [1.807, 2.05) is 49.1 Å². The van der Waals surface area contributed by atoms with Crippen LogP contribution in [0.1, 0.15) is 51.0 Å². The zero-order valence-corrected chi connectivity index (χ0v) is 12.5. The van der Waals surface area contributed by atoms with Crippen LogP contribution in [0.3, 0.4) is 0 Å². The first-order valence-electron chi connectivity index (χ1n) is 7.68. The molecule has 1 saturated carbocycles. The minimum atomic E-state index is -0.874. The highest BCUT2D eigenvalue weighted by Crippen LogP contribution is 2.42. The van der Waals surface area contributed by atoms with E-state index in [4.69, 9.17) is 0 Å². The van der Waals surface area contributed by atoms with Crippen molar-refractivity contribution >= 4 is 5.91 Å². The zero-order chi connectivity index (χ0) is 14.6. The summed E-state index contributed by atoms with van der Waals surface area (Å²) in [5.41, 5.74) is 0.0647. The third-order valence-corrected chi connectivity index (χ3v) is 4.46. The van der Waals surface area contributed by atoms with Crippen molar-refractivity contribution in [2.24, 2.45) is 0 Å². The van der Waals surface area contributed by atoms with Crippen molar-refractivity contribution < 1.29 is 9.90 Å². The standard InChI is InChI=1S/C17H25NO2/c1-3-18(4-2)16(19)15(14-10-6-5-7-11-14)17(20)12-8-9-13-17/h5-7,10-11,15,20H,3-4,8-9,12-13H2,1-2H3/t15-/m0/s1. The Morgan fingerprint density at radius 3 is 2.25 bits per heavy atom. The van der Waals surface area contributed by atoms with Crippen LogP contribution in [0.4, 0.5) is 0 Å². The second-order valence-corrected chi connectivity index (χ2v) is 5.66. The summed E-state index contributed by atoms with van der Waals surface area (Å²) in [6.45, 7) is 5.35. The smallest absolute Gasteiger partial charge is 0.233 e. The molecule has 1 aliphatic rings. The third-order valence-electron chi connectivity index (χ3n) is 4.46. The van der Waals surface area contributed by atoms with E-state index in [-0.39, 0.29) is 5.91 Å². The van der Waals surface area contributed by atoms with Gasteiger partial charge in [0.25, 0.3) is 0 Å². The molecule has 1 fully saturated rings. The number of rotatable bonds is 5. The van der Waals surface area contributed by atoms with Crippen molar-refractivity contribution in [2.75, 3.05) is 13.1 Å². The van der Waals surface area contributed by atoms with Gasteiger partial charge in [0, 0.05) is 13.1 Å². The van der Waals surface area contributed by atoms with Crippen molar-refractivity contribution in [3.8, 4) is 0 Å². The number of carbonyl (C=O) groups excluding carboxylic acids is 1. The number of aliphatic hydroxyl groups is 1. The van der Waals surface area contributed by atoms with E-state index >= 15 is 0 Å². The van der Waals surface area contributed by atoms with Crippen LogP contribution >= 0.6 is 0 Å². The Labute approximate surface area is 121 Å². The summed E-state index contributed by atoms with van der Waals surface area (Å²) in [5, 5.41) is 11.0. The summed E-state index contributed by atoms with van der Waals surface area (Å²) >= 11 is 0. The monoisotopic (exact) mass is 275 g/mol. The van der Waals surface area contributed by atoms with Crippen molar-refractivity contribution in [1.29, 1.82) is 0 Å². The molecule has 0 aliphatic heterocycles. The molecule has 1 N–H and O–H groups in total. The highest BCUT2D eigenvalue weighted by molar-refractivity contribution is 5.85. The van der Waals surface area contributed by atoms with E-state index in [1.165, 1.54) is 0 Å². The summed E-state index contributed by atoms with van der Waals surface area (Å²) in [5.74, 6) is -0.364. The molecule has 0 radical (unpaired) electrons. The summed E-state index contributed by atoms with van der Waals surface area (Å²) in [6.07, 6.45) is 3.45. The zero-order valence-electron chi connectivity index (χ0n) is 12.5. The molecular weight excluding hydrogens is 250 g/mol. The molecule has 2 rings (SSSR count). The number of amides is 1. The van der Waals surface area contributed by atoms with Crippen molar-refractivity contribution in [3.05, 3.63) is 35.9 Å². The van der Waals surface area contributed by atoms with Crippen molar-refractivity contribution in [2.45, 2.75) is 51.0 Å². The van der Waals surface area contributed by atoms with Gasteiger partial charge < -0.3 is 10.0 Å². The van der Waals surface area contributed by atoms with Gasteiger partial charge in [-0.3, -0.25) is 4.79 Å². The molecule has 0 bridgehead atoms. The van der Waals surface area contributed by atoms with Gasteiger partial charge >= 0.3 is 0 Å². The fraction of sp³-hybridized carbons (Fsp3) is 0.588. The van der Waals surface area contributed by atoms with E-state index in [2.05, 4.69) is 0 Å². The predicted molar refractivity (Wildman–Crippen MR) is 80.5 cm³/mol. The molecule has 1 aromatic rings. The summed E-state index contributed by atoms with van der Waals surface area (Å²) in [7, 11) is 0. The molecular formula is C17H25NO2. The topological polar surface area (TPSA) is 40.5 Å². The van der Waals surface area contributed by atoms with Crippen molar-refractivity contribution in [3.63, 3.8) is 0 Å². The highest BCUT2D eigenvalue weighted by Gasteiger charge is 2.45. The molecule has 3 heteroatoms. The summed E-state index contributed by atoms with van der Waals surface area (Å²) in [6, 6.07) is 9.75. The molecule has 0 heterocycles. The Bertz CT molecular complexity index is 434. The first kappa shape index (κ1) is 15.0. The van der Waals surface area contributed by atoms with Crippen LogP contribution in [0, 0.1) is 0 Å². The maximum absolute atomic E-state index is 12.9. The van der Waals surface area contributed by atoms with Crippen LogP contribution < -0.4 is 0 Å². The molecule has 1 atom stereocenters. The van der Waals surface area contributed by atoms with Gasteiger partial charge in [-0.15, -0.1) is 0 Å². The van der Waals surface area contributed by atoms with Crippen LogP contribution in [0.5, 0.6) is 0 Å². The molecule has 1 aromatic carbocycles. The van der Waals surface area contributed by atoms with Gasteiger partial charge in [0.2, 0.25) is 5.91 Å². The van der Waals surface area contributed by atoms with Gasteiger partial charge in [-0.2, -0.15) is 0 Å². The minimum absolute atomic E-state index is 0.0607. The highest BCUT2D eigenvalue weighted by atomic mass is 16.3. The Morgan fingerprint density at radius 2 is 1.75 bits per heavy atom. The van der Waals surface area contributed by atoms with Gasteiger partial charge in [-0.25, -0.2) is 0 Å². The molecule has 1 aliphatic carbocycles. The second-order valence-electron chi connectivity index (χ2n) is 5.66. The minimum Gasteiger partial charge on any atom is -0.389 e. The lowest BCUT2D eigenvalue weighted by Crippen LogP contribution is -2.45. The summed E-state index contributed by atoms with van der Waals surface area (Å²) < 4.78 is 0. The largest absolute Gasteiger partial charge is 0.389 e. The second kappa shape index (κ2) is 6.40. The SMILES string of the molecule is CCN(CC)C(=O)[C@H](c1ccccc1)C1(O)CCCC1. The first-order chi connectivity index (χ1) is 9.62. The lowest BCUT2D eigenvalue weighted by atomic mass is 9.79. The molecule has 3 nitrogen and oxygen atoms in total. The number of hydrogen-bond donors (Lipinski definition) is 1. The molecule has 110 valence electrons. The van der Waals surface area contributed by atoms with Gasteiger partial charge in [-0.1, -0.05) is 43.2 Å². The van der Waals surface area contributed by atoms with Gasteiger partial charge in [0.05, 0.1) is 11.5 Å².